The number of para-hydroxylation sites is 1. The van der Waals surface area contributed by atoms with E-state index in [0.717, 1.165) is 42.0 Å². The van der Waals surface area contributed by atoms with E-state index in [1.165, 1.54) is 11.3 Å². The van der Waals surface area contributed by atoms with Crippen LogP contribution < -0.4 is 9.91 Å². The molecular formula is C28H25N3O2. The predicted octanol–water partition coefficient (Wildman–Crippen LogP) is 6.35. The first-order chi connectivity index (χ1) is 16.2. The molecule has 4 aromatic rings. The molecule has 4 aromatic carbocycles. The van der Waals surface area contributed by atoms with Gasteiger partial charge in [0.2, 0.25) is 0 Å². The standard InChI is InChI=1S/C28H25N3O2/c32-26-15-11-24(12-16-26)31(25-13-17-27(33)18-14-25)23-9-7-21(8-10-23)20-29-30-19-3-5-22-4-1-2-6-28(22)30/h1-2,4,6-18,20,32-33H,3,5,19H2/b29-20+. The van der Waals surface area contributed by atoms with Crippen molar-refractivity contribution >= 4 is 29.0 Å². The van der Waals surface area contributed by atoms with Gasteiger partial charge in [0.1, 0.15) is 11.5 Å². The second-order valence-corrected chi connectivity index (χ2v) is 8.06. The van der Waals surface area contributed by atoms with Crippen LogP contribution in [0.15, 0.2) is 102 Å². The molecule has 0 amide bonds. The zero-order valence-electron chi connectivity index (χ0n) is 18.2. The van der Waals surface area contributed by atoms with Gasteiger partial charge in [-0.1, -0.05) is 30.3 Å². The Labute approximate surface area is 193 Å². The summed E-state index contributed by atoms with van der Waals surface area (Å²) in [5, 5.41) is 26.2. The smallest absolute Gasteiger partial charge is 0.115 e. The molecule has 0 fully saturated rings. The van der Waals surface area contributed by atoms with Crippen LogP contribution in [0.25, 0.3) is 0 Å². The Kier molecular flexibility index (Phi) is 5.68. The third-order valence-corrected chi connectivity index (χ3v) is 5.80. The zero-order valence-corrected chi connectivity index (χ0v) is 18.2. The van der Waals surface area contributed by atoms with Crippen molar-refractivity contribution in [3.63, 3.8) is 0 Å². The number of rotatable bonds is 5. The molecule has 0 spiro atoms. The number of hydrazone groups is 1. The van der Waals surface area contributed by atoms with Crippen molar-refractivity contribution in [3.05, 3.63) is 108 Å². The van der Waals surface area contributed by atoms with Crippen LogP contribution in [0.1, 0.15) is 17.5 Å². The number of aromatic hydroxyl groups is 2. The van der Waals surface area contributed by atoms with Crippen LogP contribution in [0.2, 0.25) is 0 Å². The van der Waals surface area contributed by atoms with E-state index in [1.807, 2.05) is 54.7 Å². The minimum atomic E-state index is 0.218. The Morgan fingerprint density at radius 3 is 1.85 bits per heavy atom. The monoisotopic (exact) mass is 435 g/mol. The van der Waals surface area contributed by atoms with Crippen molar-refractivity contribution in [2.45, 2.75) is 12.8 Å². The van der Waals surface area contributed by atoms with E-state index in [1.54, 1.807) is 24.3 Å². The first kappa shape index (κ1) is 20.6. The van der Waals surface area contributed by atoms with Gasteiger partial charge in [-0.15, -0.1) is 0 Å². The summed E-state index contributed by atoms with van der Waals surface area (Å²) in [6, 6.07) is 30.8. The fourth-order valence-electron chi connectivity index (χ4n) is 4.13. The first-order valence-electron chi connectivity index (χ1n) is 11.0. The van der Waals surface area contributed by atoms with E-state index in [2.05, 4.69) is 34.2 Å². The van der Waals surface area contributed by atoms with Crippen molar-refractivity contribution in [2.75, 3.05) is 16.5 Å². The Morgan fingerprint density at radius 1 is 0.697 bits per heavy atom. The molecule has 5 rings (SSSR count). The van der Waals surface area contributed by atoms with Crippen LogP contribution in [0, 0.1) is 0 Å². The Hall–Kier alpha value is -4.25. The van der Waals surface area contributed by atoms with Crippen LogP contribution >= 0.6 is 0 Å². The number of hydrogen-bond acceptors (Lipinski definition) is 5. The molecule has 164 valence electrons. The summed E-state index contributed by atoms with van der Waals surface area (Å²) in [6.45, 7) is 0.918. The summed E-state index contributed by atoms with van der Waals surface area (Å²) in [6.07, 6.45) is 4.10. The maximum atomic E-state index is 9.71. The molecule has 0 saturated carbocycles. The SMILES string of the molecule is Oc1ccc(N(c2ccc(O)cc2)c2ccc(/C=N/N3CCCc4ccccc43)cc2)cc1. The lowest BCUT2D eigenvalue weighted by Crippen LogP contribution is -2.24. The van der Waals surface area contributed by atoms with Crippen molar-refractivity contribution in [2.24, 2.45) is 5.10 Å². The summed E-state index contributed by atoms with van der Waals surface area (Å²) >= 11 is 0. The number of benzene rings is 4. The molecule has 0 bridgehead atoms. The molecule has 0 unspecified atom stereocenters. The normalized spacial score (nSPS) is 13.2. The molecule has 0 aliphatic carbocycles. The lowest BCUT2D eigenvalue weighted by molar-refractivity contribution is 0.475. The highest BCUT2D eigenvalue weighted by atomic mass is 16.3. The van der Waals surface area contributed by atoms with Crippen LogP contribution in [-0.2, 0) is 6.42 Å². The molecule has 1 aliphatic heterocycles. The summed E-state index contributed by atoms with van der Waals surface area (Å²) in [5.41, 5.74) is 6.32. The minimum absolute atomic E-state index is 0.218. The highest BCUT2D eigenvalue weighted by molar-refractivity contribution is 5.83. The highest BCUT2D eigenvalue weighted by Crippen LogP contribution is 2.36. The van der Waals surface area contributed by atoms with Crippen molar-refractivity contribution < 1.29 is 10.2 Å². The highest BCUT2D eigenvalue weighted by Gasteiger charge is 2.15. The number of hydrogen-bond donors (Lipinski definition) is 2. The number of anilines is 4. The maximum Gasteiger partial charge on any atom is 0.115 e. The van der Waals surface area contributed by atoms with Gasteiger partial charge in [0, 0.05) is 23.6 Å². The summed E-state index contributed by atoms with van der Waals surface area (Å²) in [4.78, 5) is 2.07. The number of phenolic OH excluding ortho intramolecular Hbond substituents is 2. The Balaban J connectivity index is 1.42. The Bertz CT molecular complexity index is 1200. The molecule has 5 heteroatoms. The fraction of sp³-hybridized carbons (Fsp3) is 0.107. The van der Waals surface area contributed by atoms with Crippen molar-refractivity contribution in [1.29, 1.82) is 0 Å². The summed E-state index contributed by atoms with van der Waals surface area (Å²) < 4.78 is 0. The van der Waals surface area contributed by atoms with E-state index in [9.17, 15) is 10.2 Å². The average Bonchev–Trinajstić information content (AvgIpc) is 2.86. The molecular weight excluding hydrogens is 410 g/mol. The van der Waals surface area contributed by atoms with Gasteiger partial charge in [-0.05, 0) is 90.7 Å². The zero-order chi connectivity index (χ0) is 22.6. The van der Waals surface area contributed by atoms with Crippen LogP contribution in [0.4, 0.5) is 22.7 Å². The number of aryl methyl sites for hydroxylation is 1. The van der Waals surface area contributed by atoms with E-state index in [4.69, 9.17) is 5.10 Å². The van der Waals surface area contributed by atoms with Gasteiger partial charge in [0.05, 0.1) is 11.9 Å². The number of fused-ring (bicyclic) bond motifs is 1. The second kappa shape index (κ2) is 9.09. The van der Waals surface area contributed by atoms with Gasteiger partial charge in [-0.3, -0.25) is 5.01 Å². The van der Waals surface area contributed by atoms with Gasteiger partial charge >= 0.3 is 0 Å². The van der Waals surface area contributed by atoms with Crippen LogP contribution in [0.3, 0.4) is 0 Å². The third kappa shape index (κ3) is 4.53. The molecule has 33 heavy (non-hydrogen) atoms. The van der Waals surface area contributed by atoms with E-state index < -0.39 is 0 Å². The van der Waals surface area contributed by atoms with Crippen LogP contribution in [0.5, 0.6) is 11.5 Å². The first-order valence-corrected chi connectivity index (χ1v) is 11.0. The Morgan fingerprint density at radius 2 is 1.24 bits per heavy atom. The summed E-state index contributed by atoms with van der Waals surface area (Å²) in [5.74, 6) is 0.436. The molecule has 0 radical (unpaired) electrons. The molecule has 5 nitrogen and oxygen atoms in total. The molecule has 0 saturated heterocycles. The maximum absolute atomic E-state index is 9.71. The van der Waals surface area contributed by atoms with E-state index in [-0.39, 0.29) is 11.5 Å². The number of nitrogens with zero attached hydrogens (tertiary/aromatic N) is 3. The van der Waals surface area contributed by atoms with Gasteiger partial charge < -0.3 is 15.1 Å². The summed E-state index contributed by atoms with van der Waals surface area (Å²) in [7, 11) is 0. The minimum Gasteiger partial charge on any atom is -0.508 e. The van der Waals surface area contributed by atoms with Gasteiger partial charge in [-0.2, -0.15) is 5.10 Å². The quantitative estimate of drug-likeness (QED) is 0.358. The molecule has 1 heterocycles. The van der Waals surface area contributed by atoms with Gasteiger partial charge in [0.25, 0.3) is 0 Å². The van der Waals surface area contributed by atoms with Gasteiger partial charge in [-0.25, -0.2) is 0 Å². The largest absolute Gasteiger partial charge is 0.508 e. The molecule has 0 aromatic heterocycles. The third-order valence-electron chi connectivity index (χ3n) is 5.80. The molecule has 2 N–H and O–H groups in total. The lowest BCUT2D eigenvalue weighted by atomic mass is 10.0. The van der Waals surface area contributed by atoms with Crippen molar-refractivity contribution in [3.8, 4) is 11.5 Å². The fourth-order valence-corrected chi connectivity index (χ4v) is 4.13. The second-order valence-electron chi connectivity index (χ2n) is 8.06. The average molecular weight is 436 g/mol. The molecule has 1 aliphatic rings. The van der Waals surface area contributed by atoms with E-state index in [0.29, 0.717) is 0 Å². The topological polar surface area (TPSA) is 59.3 Å². The van der Waals surface area contributed by atoms with Crippen molar-refractivity contribution in [1.82, 2.24) is 0 Å². The van der Waals surface area contributed by atoms with Crippen LogP contribution in [-0.4, -0.2) is 23.0 Å². The lowest BCUT2D eigenvalue weighted by Gasteiger charge is -2.26. The van der Waals surface area contributed by atoms with Gasteiger partial charge in [0.15, 0.2) is 0 Å². The number of phenols is 2. The predicted molar refractivity (Wildman–Crippen MR) is 134 cm³/mol. The molecule has 0 atom stereocenters. The van der Waals surface area contributed by atoms with E-state index >= 15 is 0 Å².